The molecule has 0 bridgehead atoms. The molecule has 0 saturated heterocycles. The van der Waals surface area contributed by atoms with Gasteiger partial charge in [-0.2, -0.15) is 0 Å². The lowest BCUT2D eigenvalue weighted by Crippen LogP contribution is -2.29. The molecule has 96 valence electrons. The van der Waals surface area contributed by atoms with Gasteiger partial charge in [-0.05, 0) is 43.2 Å². The summed E-state index contributed by atoms with van der Waals surface area (Å²) < 4.78 is 0. The van der Waals surface area contributed by atoms with E-state index in [1.165, 1.54) is 48.9 Å². The van der Waals surface area contributed by atoms with Gasteiger partial charge in [0, 0.05) is 24.8 Å². The molecule has 0 radical (unpaired) electrons. The van der Waals surface area contributed by atoms with Gasteiger partial charge in [-0.3, -0.25) is 0 Å². The molecule has 1 aliphatic heterocycles. The van der Waals surface area contributed by atoms with Gasteiger partial charge in [-0.15, -0.1) is 0 Å². The number of benzene rings is 1. The molecule has 1 aliphatic carbocycles. The van der Waals surface area contributed by atoms with Gasteiger partial charge < -0.3 is 10.6 Å². The minimum Gasteiger partial charge on any atom is -0.385 e. The molecule has 1 unspecified atom stereocenters. The number of aryl methyl sites for hydroxylation is 1. The van der Waals surface area contributed by atoms with Crippen LogP contribution in [0.2, 0.25) is 0 Å². The maximum absolute atomic E-state index is 3.70. The number of para-hydroxylation sites is 1. The van der Waals surface area contributed by atoms with Crippen LogP contribution < -0.4 is 10.6 Å². The Balaban J connectivity index is 1.67. The highest BCUT2D eigenvalue weighted by Gasteiger charge is 2.14. The van der Waals surface area contributed by atoms with Gasteiger partial charge in [0.05, 0.1) is 0 Å². The number of anilines is 1. The second-order valence-electron chi connectivity index (χ2n) is 5.34. The van der Waals surface area contributed by atoms with Crippen molar-refractivity contribution in [2.75, 3.05) is 11.9 Å². The predicted molar refractivity (Wildman–Crippen MR) is 76.9 cm³/mol. The van der Waals surface area contributed by atoms with Gasteiger partial charge in [0.1, 0.15) is 0 Å². The Bertz CT molecular complexity index is 437. The Morgan fingerprint density at radius 1 is 1.28 bits per heavy atom. The van der Waals surface area contributed by atoms with Crippen LogP contribution in [0.1, 0.15) is 36.8 Å². The van der Waals surface area contributed by atoms with Crippen LogP contribution in [0.5, 0.6) is 0 Å². The second kappa shape index (κ2) is 5.57. The van der Waals surface area contributed by atoms with Gasteiger partial charge >= 0.3 is 0 Å². The van der Waals surface area contributed by atoms with Gasteiger partial charge in [-0.1, -0.05) is 30.4 Å². The zero-order chi connectivity index (χ0) is 12.2. The Hall–Kier alpha value is -1.28. The smallest absolute Gasteiger partial charge is 0.0418 e. The number of nitrogens with one attached hydrogen (secondary N) is 2. The van der Waals surface area contributed by atoms with Gasteiger partial charge in [-0.25, -0.2) is 0 Å². The third-order valence-electron chi connectivity index (χ3n) is 4.01. The summed E-state index contributed by atoms with van der Waals surface area (Å²) in [4.78, 5) is 0. The number of rotatable bonds is 3. The van der Waals surface area contributed by atoms with Crippen molar-refractivity contribution in [1.29, 1.82) is 0 Å². The SMILES string of the molecule is C1=CCC(NCc2cccc3c2NCCC3)CC1. The molecule has 1 aromatic carbocycles. The first-order valence-electron chi connectivity index (χ1n) is 7.16. The van der Waals surface area contributed by atoms with Gasteiger partial charge in [0.15, 0.2) is 0 Å². The summed E-state index contributed by atoms with van der Waals surface area (Å²) in [6, 6.07) is 7.37. The minimum atomic E-state index is 0.662. The molecule has 2 nitrogen and oxygen atoms in total. The standard InChI is InChI=1S/C16H22N2/c1-2-9-15(10-3-1)18-12-14-7-4-6-13-8-5-11-17-16(13)14/h1-2,4,6-7,15,17-18H,3,5,8-12H2. The second-order valence-corrected chi connectivity index (χ2v) is 5.34. The minimum absolute atomic E-state index is 0.662. The van der Waals surface area contributed by atoms with Crippen molar-refractivity contribution in [3.63, 3.8) is 0 Å². The molecule has 1 atom stereocenters. The molecule has 1 heterocycles. The van der Waals surface area contributed by atoms with E-state index in [9.17, 15) is 0 Å². The molecule has 3 rings (SSSR count). The first-order chi connectivity index (χ1) is 8.93. The van der Waals surface area contributed by atoms with E-state index in [4.69, 9.17) is 0 Å². The summed E-state index contributed by atoms with van der Waals surface area (Å²) in [6.45, 7) is 2.12. The fourth-order valence-corrected chi connectivity index (χ4v) is 2.96. The summed E-state index contributed by atoms with van der Waals surface area (Å²) >= 11 is 0. The molecule has 2 N–H and O–H groups in total. The van der Waals surface area contributed by atoms with Crippen molar-refractivity contribution in [3.8, 4) is 0 Å². The molecule has 0 aromatic heterocycles. The molecule has 2 aliphatic rings. The fourth-order valence-electron chi connectivity index (χ4n) is 2.96. The van der Waals surface area contributed by atoms with E-state index in [1.807, 2.05) is 0 Å². The lowest BCUT2D eigenvalue weighted by atomic mass is 9.98. The van der Waals surface area contributed by atoms with E-state index in [0.717, 1.165) is 13.1 Å². The van der Waals surface area contributed by atoms with E-state index < -0.39 is 0 Å². The van der Waals surface area contributed by atoms with Crippen molar-refractivity contribution in [2.45, 2.75) is 44.7 Å². The van der Waals surface area contributed by atoms with Crippen molar-refractivity contribution >= 4 is 5.69 Å². The normalized spacial score (nSPS) is 22.3. The third kappa shape index (κ3) is 2.59. The molecule has 18 heavy (non-hydrogen) atoms. The lowest BCUT2D eigenvalue weighted by Gasteiger charge is -2.24. The highest BCUT2D eigenvalue weighted by molar-refractivity contribution is 5.59. The molecular formula is C16H22N2. The van der Waals surface area contributed by atoms with Crippen LogP contribution >= 0.6 is 0 Å². The molecule has 1 aromatic rings. The maximum atomic E-state index is 3.70. The molecule has 0 saturated carbocycles. The van der Waals surface area contributed by atoms with Crippen molar-refractivity contribution in [2.24, 2.45) is 0 Å². The average molecular weight is 242 g/mol. The van der Waals surface area contributed by atoms with Crippen molar-refractivity contribution in [1.82, 2.24) is 5.32 Å². The molecule has 0 amide bonds. The van der Waals surface area contributed by atoms with E-state index in [1.54, 1.807) is 0 Å². The fraction of sp³-hybridized carbons (Fsp3) is 0.500. The Morgan fingerprint density at radius 3 is 3.17 bits per heavy atom. The highest BCUT2D eigenvalue weighted by atomic mass is 14.9. The van der Waals surface area contributed by atoms with Crippen LogP contribution in [0, 0.1) is 0 Å². The van der Waals surface area contributed by atoms with Crippen LogP contribution in [0.3, 0.4) is 0 Å². The molecule has 0 spiro atoms. The topological polar surface area (TPSA) is 24.1 Å². The van der Waals surface area contributed by atoms with Crippen LogP contribution in [0.25, 0.3) is 0 Å². The van der Waals surface area contributed by atoms with E-state index in [-0.39, 0.29) is 0 Å². The molecular weight excluding hydrogens is 220 g/mol. The summed E-state index contributed by atoms with van der Waals surface area (Å²) in [5.74, 6) is 0. The van der Waals surface area contributed by atoms with Gasteiger partial charge in [0.2, 0.25) is 0 Å². The number of hydrogen-bond donors (Lipinski definition) is 2. The zero-order valence-electron chi connectivity index (χ0n) is 10.9. The largest absolute Gasteiger partial charge is 0.385 e. The van der Waals surface area contributed by atoms with Crippen LogP contribution in [0.4, 0.5) is 5.69 Å². The van der Waals surface area contributed by atoms with Crippen LogP contribution in [-0.4, -0.2) is 12.6 Å². The van der Waals surface area contributed by atoms with E-state index in [0.29, 0.717) is 6.04 Å². The summed E-state index contributed by atoms with van der Waals surface area (Å²) in [5, 5.41) is 7.26. The lowest BCUT2D eigenvalue weighted by molar-refractivity contribution is 0.474. The molecule has 0 fully saturated rings. The van der Waals surface area contributed by atoms with Crippen molar-refractivity contribution < 1.29 is 0 Å². The van der Waals surface area contributed by atoms with Gasteiger partial charge in [0.25, 0.3) is 0 Å². The maximum Gasteiger partial charge on any atom is 0.0418 e. The Morgan fingerprint density at radius 2 is 2.28 bits per heavy atom. The quantitative estimate of drug-likeness (QED) is 0.795. The summed E-state index contributed by atoms with van der Waals surface area (Å²) in [7, 11) is 0. The monoisotopic (exact) mass is 242 g/mol. The van der Waals surface area contributed by atoms with E-state index >= 15 is 0 Å². The van der Waals surface area contributed by atoms with E-state index in [2.05, 4.69) is 41.0 Å². The van der Waals surface area contributed by atoms with Crippen molar-refractivity contribution in [3.05, 3.63) is 41.5 Å². The Labute approximate surface area is 109 Å². The van der Waals surface area contributed by atoms with Crippen LogP contribution in [-0.2, 0) is 13.0 Å². The highest BCUT2D eigenvalue weighted by Crippen LogP contribution is 2.26. The molecule has 2 heteroatoms. The number of allylic oxidation sites excluding steroid dienone is 1. The number of fused-ring (bicyclic) bond motifs is 1. The average Bonchev–Trinajstić information content (AvgIpc) is 2.46. The zero-order valence-corrected chi connectivity index (χ0v) is 10.9. The van der Waals surface area contributed by atoms with Crippen LogP contribution in [0.15, 0.2) is 30.4 Å². The third-order valence-corrected chi connectivity index (χ3v) is 4.01. The Kier molecular flexibility index (Phi) is 3.65. The summed E-state index contributed by atoms with van der Waals surface area (Å²) in [5.41, 5.74) is 4.31. The summed E-state index contributed by atoms with van der Waals surface area (Å²) in [6.07, 6.45) is 10.8. The predicted octanol–water partition coefficient (Wildman–Crippen LogP) is 3.24. The first kappa shape index (κ1) is 11.8. The number of hydrogen-bond acceptors (Lipinski definition) is 2. The first-order valence-corrected chi connectivity index (χ1v) is 7.16.